The van der Waals surface area contributed by atoms with Gasteiger partial charge in [0, 0.05) is 24.2 Å². The standard InChI is InChI=1S/C26H24N6O3/c1-27-15-24(33)30-23-11-5-17(13-29-23)16-4-10-21-20(12-16)25-22(14-28-21)31(2)26(34)32(25)18-6-8-19(35-3)9-7-18/h4-14,27H,15H2,1-3H3,(H,29,30,33). The first-order valence-corrected chi connectivity index (χ1v) is 11.1. The Morgan fingerprint density at radius 1 is 1.00 bits per heavy atom. The number of aryl methyl sites for hydroxylation is 1. The van der Waals surface area contributed by atoms with E-state index in [2.05, 4.69) is 20.6 Å². The van der Waals surface area contributed by atoms with E-state index in [9.17, 15) is 9.59 Å². The Morgan fingerprint density at radius 2 is 1.77 bits per heavy atom. The molecule has 0 unspecified atom stereocenters. The number of hydrogen-bond donors (Lipinski definition) is 2. The second kappa shape index (κ2) is 9.03. The maximum absolute atomic E-state index is 13.2. The maximum atomic E-state index is 13.2. The van der Waals surface area contributed by atoms with Crippen molar-refractivity contribution in [1.82, 2.24) is 24.4 Å². The second-order valence-corrected chi connectivity index (χ2v) is 8.11. The van der Waals surface area contributed by atoms with Crippen LogP contribution < -0.4 is 21.1 Å². The summed E-state index contributed by atoms with van der Waals surface area (Å²) in [6.45, 7) is 0.212. The molecule has 176 valence electrons. The lowest BCUT2D eigenvalue weighted by Crippen LogP contribution is -2.25. The summed E-state index contributed by atoms with van der Waals surface area (Å²) >= 11 is 0. The average molecular weight is 469 g/mol. The van der Waals surface area contributed by atoms with Gasteiger partial charge in [0.25, 0.3) is 0 Å². The van der Waals surface area contributed by atoms with Crippen LogP contribution in [0.2, 0.25) is 0 Å². The van der Waals surface area contributed by atoms with Crippen LogP contribution in [0.25, 0.3) is 38.8 Å². The zero-order valence-corrected chi connectivity index (χ0v) is 19.6. The van der Waals surface area contributed by atoms with Gasteiger partial charge in [-0.15, -0.1) is 0 Å². The fourth-order valence-electron chi connectivity index (χ4n) is 4.13. The van der Waals surface area contributed by atoms with Crippen LogP contribution in [0, 0.1) is 0 Å². The molecule has 0 aliphatic rings. The number of imidazole rings is 1. The van der Waals surface area contributed by atoms with Crippen molar-refractivity contribution >= 4 is 33.7 Å². The van der Waals surface area contributed by atoms with Crippen LogP contribution in [0.5, 0.6) is 5.75 Å². The van der Waals surface area contributed by atoms with Crippen LogP contribution in [-0.4, -0.2) is 45.7 Å². The Kier molecular flexibility index (Phi) is 5.76. The van der Waals surface area contributed by atoms with Gasteiger partial charge in [-0.25, -0.2) is 9.78 Å². The number of benzene rings is 2. The van der Waals surface area contributed by atoms with E-state index < -0.39 is 0 Å². The lowest BCUT2D eigenvalue weighted by Gasteiger charge is -2.09. The number of aromatic nitrogens is 4. The average Bonchev–Trinajstić information content (AvgIpc) is 3.14. The highest BCUT2D eigenvalue weighted by Gasteiger charge is 2.17. The minimum Gasteiger partial charge on any atom is -0.497 e. The van der Waals surface area contributed by atoms with E-state index in [-0.39, 0.29) is 18.1 Å². The quantitative estimate of drug-likeness (QED) is 0.397. The molecule has 0 atom stereocenters. The van der Waals surface area contributed by atoms with Crippen molar-refractivity contribution in [1.29, 1.82) is 0 Å². The molecule has 0 saturated heterocycles. The smallest absolute Gasteiger partial charge is 0.333 e. The predicted molar refractivity (Wildman–Crippen MR) is 136 cm³/mol. The van der Waals surface area contributed by atoms with Crippen LogP contribution in [-0.2, 0) is 11.8 Å². The van der Waals surface area contributed by atoms with E-state index in [1.165, 1.54) is 0 Å². The van der Waals surface area contributed by atoms with Crippen molar-refractivity contribution in [3.05, 3.63) is 77.5 Å². The predicted octanol–water partition coefficient (Wildman–Crippen LogP) is 3.11. The highest BCUT2D eigenvalue weighted by Crippen LogP contribution is 2.30. The van der Waals surface area contributed by atoms with Crippen LogP contribution in [0.4, 0.5) is 5.82 Å². The van der Waals surface area contributed by atoms with Crippen LogP contribution in [0.1, 0.15) is 0 Å². The van der Waals surface area contributed by atoms with E-state index >= 15 is 0 Å². The molecule has 9 heteroatoms. The van der Waals surface area contributed by atoms with Gasteiger partial charge < -0.3 is 15.4 Å². The molecular formula is C26H24N6O3. The van der Waals surface area contributed by atoms with Gasteiger partial charge in [0.05, 0.1) is 42.1 Å². The van der Waals surface area contributed by atoms with Gasteiger partial charge >= 0.3 is 5.69 Å². The molecule has 0 saturated carbocycles. The van der Waals surface area contributed by atoms with Crippen molar-refractivity contribution in [2.75, 3.05) is 26.0 Å². The molecule has 0 fully saturated rings. The number of likely N-dealkylation sites (N-methyl/N-ethyl adjacent to an activating group) is 1. The second-order valence-electron chi connectivity index (χ2n) is 8.11. The van der Waals surface area contributed by atoms with Gasteiger partial charge in [-0.2, -0.15) is 0 Å². The molecule has 9 nitrogen and oxygen atoms in total. The summed E-state index contributed by atoms with van der Waals surface area (Å²) in [5.41, 5.74) is 4.67. The summed E-state index contributed by atoms with van der Waals surface area (Å²) in [6.07, 6.45) is 3.44. The van der Waals surface area contributed by atoms with Crippen molar-refractivity contribution in [3.8, 4) is 22.6 Å². The molecule has 2 aromatic carbocycles. The van der Waals surface area contributed by atoms with E-state index in [1.807, 2.05) is 48.5 Å². The summed E-state index contributed by atoms with van der Waals surface area (Å²) in [5.74, 6) is 1.04. The van der Waals surface area contributed by atoms with Gasteiger partial charge in [-0.3, -0.25) is 18.9 Å². The zero-order chi connectivity index (χ0) is 24.5. The highest BCUT2D eigenvalue weighted by atomic mass is 16.5. The molecule has 1 amide bonds. The third-order valence-electron chi connectivity index (χ3n) is 5.92. The van der Waals surface area contributed by atoms with Crippen molar-refractivity contribution in [2.45, 2.75) is 0 Å². The molecule has 0 spiro atoms. The van der Waals surface area contributed by atoms with Crippen molar-refractivity contribution in [3.63, 3.8) is 0 Å². The van der Waals surface area contributed by atoms with Crippen LogP contribution in [0.3, 0.4) is 0 Å². The number of carbonyl (C=O) groups is 1. The first kappa shape index (κ1) is 22.3. The molecule has 0 aliphatic heterocycles. The number of nitrogens with one attached hydrogen (secondary N) is 2. The molecular weight excluding hydrogens is 444 g/mol. The number of ether oxygens (including phenoxy) is 1. The number of rotatable bonds is 6. The number of nitrogens with zero attached hydrogens (tertiary/aromatic N) is 4. The van der Waals surface area contributed by atoms with E-state index in [0.29, 0.717) is 11.6 Å². The Balaban J connectivity index is 1.64. The highest BCUT2D eigenvalue weighted by molar-refractivity contribution is 6.04. The number of carbonyl (C=O) groups excluding carboxylic acids is 1. The van der Waals surface area contributed by atoms with Gasteiger partial charge in [0.15, 0.2) is 0 Å². The summed E-state index contributed by atoms with van der Waals surface area (Å²) in [4.78, 5) is 34.0. The Labute approximate surface area is 201 Å². The number of hydrogen-bond acceptors (Lipinski definition) is 6. The molecule has 0 aliphatic carbocycles. The first-order chi connectivity index (χ1) is 17.0. The van der Waals surface area contributed by atoms with Crippen molar-refractivity contribution < 1.29 is 9.53 Å². The van der Waals surface area contributed by atoms with Crippen LogP contribution in [0.15, 0.2) is 71.8 Å². The van der Waals surface area contributed by atoms with E-state index in [1.54, 1.807) is 48.8 Å². The molecule has 5 rings (SSSR count). The normalized spacial score (nSPS) is 11.2. The maximum Gasteiger partial charge on any atom is 0.333 e. The lowest BCUT2D eigenvalue weighted by molar-refractivity contribution is -0.115. The molecule has 5 aromatic rings. The molecule has 3 heterocycles. The molecule has 0 bridgehead atoms. The molecule has 2 N–H and O–H groups in total. The van der Waals surface area contributed by atoms with Gasteiger partial charge in [-0.1, -0.05) is 6.07 Å². The van der Waals surface area contributed by atoms with E-state index in [4.69, 9.17) is 4.74 Å². The SMILES string of the molecule is CNCC(=O)Nc1ccc(-c2ccc3ncc4c(c3c2)n(-c2ccc(OC)cc2)c(=O)n4C)cn1. The Bertz CT molecular complexity index is 1600. The van der Waals surface area contributed by atoms with Gasteiger partial charge in [0.1, 0.15) is 11.6 Å². The number of pyridine rings is 2. The fraction of sp³-hybridized carbons (Fsp3) is 0.154. The molecule has 0 radical (unpaired) electrons. The summed E-state index contributed by atoms with van der Waals surface area (Å²) < 4.78 is 8.57. The number of amides is 1. The third-order valence-corrected chi connectivity index (χ3v) is 5.92. The van der Waals surface area contributed by atoms with Gasteiger partial charge in [0.2, 0.25) is 5.91 Å². The number of anilines is 1. The lowest BCUT2D eigenvalue weighted by atomic mass is 10.0. The fourth-order valence-corrected chi connectivity index (χ4v) is 4.13. The van der Waals surface area contributed by atoms with Crippen LogP contribution >= 0.6 is 0 Å². The summed E-state index contributed by atoms with van der Waals surface area (Å²) in [7, 11) is 5.06. The monoisotopic (exact) mass is 468 g/mol. The van der Waals surface area contributed by atoms with Gasteiger partial charge in [-0.05, 0) is 61.1 Å². The third kappa shape index (κ3) is 4.02. The summed E-state index contributed by atoms with van der Waals surface area (Å²) in [6, 6.07) is 17.0. The topological polar surface area (TPSA) is 103 Å². The Hall–Kier alpha value is -4.50. The number of methoxy groups -OCH3 is 1. The van der Waals surface area contributed by atoms with Crippen molar-refractivity contribution in [2.24, 2.45) is 7.05 Å². The minimum atomic E-state index is -0.160. The summed E-state index contributed by atoms with van der Waals surface area (Å²) in [5, 5.41) is 6.40. The van der Waals surface area contributed by atoms with E-state index in [0.717, 1.165) is 38.8 Å². The largest absolute Gasteiger partial charge is 0.497 e. The Morgan fingerprint density at radius 3 is 2.46 bits per heavy atom. The first-order valence-electron chi connectivity index (χ1n) is 11.1. The molecule has 3 aromatic heterocycles. The molecule has 35 heavy (non-hydrogen) atoms. The number of fused-ring (bicyclic) bond motifs is 3. The minimum absolute atomic E-state index is 0.159. The zero-order valence-electron chi connectivity index (χ0n) is 19.6.